The van der Waals surface area contributed by atoms with E-state index in [9.17, 15) is 9.59 Å². The number of rotatable bonds is 2. The second kappa shape index (κ2) is 6.01. The summed E-state index contributed by atoms with van der Waals surface area (Å²) in [7, 11) is 0. The maximum atomic E-state index is 12.1. The Morgan fingerprint density at radius 3 is 2.81 bits per heavy atom. The molecule has 3 rings (SSSR count). The van der Waals surface area contributed by atoms with E-state index >= 15 is 0 Å². The molecular weight excluding hydrogens is 312 g/mol. The van der Waals surface area contributed by atoms with Crippen LogP contribution in [0.4, 0.5) is 0 Å². The van der Waals surface area contributed by atoms with Crippen LogP contribution >= 0.6 is 22.9 Å². The van der Waals surface area contributed by atoms with E-state index in [1.54, 1.807) is 0 Å². The Labute approximate surface area is 130 Å². The Balaban J connectivity index is 1.69. The number of thiophene rings is 1. The van der Waals surface area contributed by atoms with Gasteiger partial charge in [0.15, 0.2) is 0 Å². The molecule has 2 amide bonds. The normalized spacial score (nSPS) is 17.9. The van der Waals surface area contributed by atoms with Gasteiger partial charge in [-0.3, -0.25) is 20.4 Å². The number of carbonyl (C=O) groups excluding carboxylic acids is 2. The van der Waals surface area contributed by atoms with Crippen molar-refractivity contribution >= 4 is 44.8 Å². The van der Waals surface area contributed by atoms with Crippen molar-refractivity contribution in [3.63, 3.8) is 0 Å². The van der Waals surface area contributed by atoms with Crippen molar-refractivity contribution in [1.82, 2.24) is 10.9 Å². The molecule has 5 nitrogen and oxygen atoms in total. The van der Waals surface area contributed by atoms with E-state index in [4.69, 9.17) is 16.3 Å². The first-order valence-corrected chi connectivity index (χ1v) is 7.75. The Hall–Kier alpha value is -1.63. The number of carbonyl (C=O) groups is 2. The van der Waals surface area contributed by atoms with Gasteiger partial charge in [0.1, 0.15) is 11.0 Å². The molecule has 1 aliphatic rings. The second-order valence-corrected chi connectivity index (χ2v) is 6.12. The van der Waals surface area contributed by atoms with Gasteiger partial charge in [-0.2, -0.15) is 0 Å². The average molecular weight is 325 g/mol. The summed E-state index contributed by atoms with van der Waals surface area (Å²) in [6.07, 6.45) is 1.04. The predicted octanol–water partition coefficient (Wildman–Crippen LogP) is 2.49. The molecule has 2 N–H and O–H groups in total. The highest BCUT2D eigenvalue weighted by Crippen LogP contribution is 2.34. The fraction of sp³-hybridized carbons (Fsp3) is 0.286. The smallest absolute Gasteiger partial charge is 0.281 e. The quantitative estimate of drug-likeness (QED) is 0.834. The van der Waals surface area contributed by atoms with Crippen molar-refractivity contribution in [2.75, 3.05) is 6.61 Å². The molecule has 0 spiro atoms. The Kier molecular flexibility index (Phi) is 4.10. The topological polar surface area (TPSA) is 67.4 Å². The van der Waals surface area contributed by atoms with Crippen LogP contribution in [-0.2, 0) is 9.53 Å². The molecule has 2 heterocycles. The third-order valence-corrected chi connectivity index (χ3v) is 4.94. The van der Waals surface area contributed by atoms with Crippen molar-refractivity contribution in [3.05, 3.63) is 34.2 Å². The molecule has 0 radical (unpaired) electrons. The van der Waals surface area contributed by atoms with Crippen molar-refractivity contribution in [1.29, 1.82) is 0 Å². The molecule has 1 fully saturated rings. The summed E-state index contributed by atoms with van der Waals surface area (Å²) in [6, 6.07) is 7.50. The van der Waals surface area contributed by atoms with Crippen LogP contribution in [0.2, 0.25) is 5.02 Å². The number of benzene rings is 1. The van der Waals surface area contributed by atoms with Gasteiger partial charge in [-0.1, -0.05) is 29.8 Å². The fourth-order valence-corrected chi connectivity index (χ4v) is 3.61. The van der Waals surface area contributed by atoms with E-state index in [-0.39, 0.29) is 5.91 Å². The summed E-state index contributed by atoms with van der Waals surface area (Å²) in [5, 5.41) is 1.24. The zero-order valence-electron chi connectivity index (χ0n) is 11.0. The van der Waals surface area contributed by atoms with Gasteiger partial charge in [-0.15, -0.1) is 11.3 Å². The molecule has 1 aliphatic heterocycles. The number of hydrogen-bond donors (Lipinski definition) is 2. The Bertz CT molecular complexity index is 695. The number of nitrogens with one attached hydrogen (secondary N) is 2. The minimum Gasteiger partial charge on any atom is -0.368 e. The summed E-state index contributed by atoms with van der Waals surface area (Å²) in [5.74, 6) is -0.759. The highest BCUT2D eigenvalue weighted by molar-refractivity contribution is 7.21. The molecule has 0 aliphatic carbocycles. The Morgan fingerprint density at radius 2 is 2.10 bits per heavy atom. The van der Waals surface area contributed by atoms with Crippen LogP contribution < -0.4 is 10.9 Å². The molecule has 110 valence electrons. The molecule has 7 heteroatoms. The number of hydrazine groups is 1. The summed E-state index contributed by atoms with van der Waals surface area (Å²) in [6.45, 7) is 0.578. The van der Waals surface area contributed by atoms with E-state index < -0.39 is 12.0 Å². The lowest BCUT2D eigenvalue weighted by molar-refractivity contribution is -0.130. The van der Waals surface area contributed by atoms with Crippen molar-refractivity contribution in [2.45, 2.75) is 18.9 Å². The first-order valence-electron chi connectivity index (χ1n) is 6.55. The summed E-state index contributed by atoms with van der Waals surface area (Å²) in [5.41, 5.74) is 4.76. The van der Waals surface area contributed by atoms with Crippen LogP contribution in [0.15, 0.2) is 24.3 Å². The first-order chi connectivity index (χ1) is 10.2. The van der Waals surface area contributed by atoms with Gasteiger partial charge in [0.05, 0.1) is 5.02 Å². The Morgan fingerprint density at radius 1 is 1.29 bits per heavy atom. The third-order valence-electron chi connectivity index (χ3n) is 3.26. The summed E-state index contributed by atoms with van der Waals surface area (Å²) < 4.78 is 6.17. The molecule has 1 aromatic heterocycles. The van der Waals surface area contributed by atoms with Crippen LogP contribution in [0.3, 0.4) is 0 Å². The average Bonchev–Trinajstić information content (AvgIpc) is 3.13. The predicted molar refractivity (Wildman–Crippen MR) is 81.4 cm³/mol. The standard InChI is InChI=1S/C14H13ClN2O3S/c15-11-8-4-1-2-6-10(8)21-12(11)14(19)17-16-13(18)9-5-3-7-20-9/h1-2,4,6,9H,3,5,7H2,(H,16,18)(H,17,19). The van der Waals surface area contributed by atoms with Crippen molar-refractivity contribution in [3.8, 4) is 0 Å². The van der Waals surface area contributed by atoms with E-state index in [0.29, 0.717) is 22.9 Å². The van der Waals surface area contributed by atoms with Gasteiger partial charge >= 0.3 is 0 Å². The first kappa shape index (κ1) is 14.3. The van der Waals surface area contributed by atoms with E-state index in [0.717, 1.165) is 16.5 Å². The molecular formula is C14H13ClN2O3S. The van der Waals surface area contributed by atoms with Crippen LogP contribution in [-0.4, -0.2) is 24.5 Å². The largest absolute Gasteiger partial charge is 0.368 e. The maximum Gasteiger partial charge on any atom is 0.281 e. The van der Waals surface area contributed by atoms with E-state index in [1.165, 1.54) is 11.3 Å². The minimum atomic E-state index is -0.483. The fourth-order valence-electron chi connectivity index (χ4n) is 2.20. The molecule has 2 aromatic rings. The van der Waals surface area contributed by atoms with Gasteiger partial charge in [-0.25, -0.2) is 0 Å². The maximum absolute atomic E-state index is 12.1. The number of amides is 2. The number of hydrogen-bond acceptors (Lipinski definition) is 4. The lowest BCUT2D eigenvalue weighted by Crippen LogP contribution is -2.46. The molecule has 0 bridgehead atoms. The van der Waals surface area contributed by atoms with Crippen molar-refractivity contribution < 1.29 is 14.3 Å². The third kappa shape index (κ3) is 2.88. The molecule has 21 heavy (non-hydrogen) atoms. The van der Waals surface area contributed by atoms with E-state index in [1.807, 2.05) is 24.3 Å². The van der Waals surface area contributed by atoms with Gasteiger partial charge in [0, 0.05) is 16.7 Å². The van der Waals surface area contributed by atoms with Gasteiger partial charge in [0.25, 0.3) is 11.8 Å². The zero-order valence-corrected chi connectivity index (χ0v) is 12.6. The van der Waals surface area contributed by atoms with Crippen LogP contribution in [0.5, 0.6) is 0 Å². The van der Waals surface area contributed by atoms with Gasteiger partial charge < -0.3 is 4.74 Å². The zero-order chi connectivity index (χ0) is 14.8. The highest BCUT2D eigenvalue weighted by Gasteiger charge is 2.24. The van der Waals surface area contributed by atoms with Gasteiger partial charge in [0.2, 0.25) is 0 Å². The molecule has 0 saturated carbocycles. The number of halogens is 1. The van der Waals surface area contributed by atoms with E-state index in [2.05, 4.69) is 10.9 Å². The second-order valence-electron chi connectivity index (χ2n) is 4.69. The minimum absolute atomic E-state index is 0.335. The highest BCUT2D eigenvalue weighted by atomic mass is 35.5. The molecule has 1 unspecified atom stereocenters. The van der Waals surface area contributed by atoms with Gasteiger partial charge in [-0.05, 0) is 18.9 Å². The molecule has 1 saturated heterocycles. The van der Waals surface area contributed by atoms with Crippen LogP contribution in [0.25, 0.3) is 10.1 Å². The van der Waals surface area contributed by atoms with Crippen molar-refractivity contribution in [2.24, 2.45) is 0 Å². The summed E-state index contributed by atoms with van der Waals surface area (Å²) >= 11 is 7.50. The lowest BCUT2D eigenvalue weighted by atomic mass is 10.2. The lowest BCUT2D eigenvalue weighted by Gasteiger charge is -2.10. The summed E-state index contributed by atoms with van der Waals surface area (Å²) in [4.78, 5) is 24.3. The molecule has 1 atom stereocenters. The molecule has 1 aromatic carbocycles. The number of ether oxygens (including phenoxy) is 1. The SMILES string of the molecule is O=C(NNC(=O)C1CCCO1)c1sc2ccccc2c1Cl. The monoisotopic (exact) mass is 324 g/mol. The van der Waals surface area contributed by atoms with Crippen LogP contribution in [0.1, 0.15) is 22.5 Å². The number of fused-ring (bicyclic) bond motifs is 1. The van der Waals surface area contributed by atoms with Crippen LogP contribution in [0, 0.1) is 0 Å².